The van der Waals surface area contributed by atoms with Gasteiger partial charge in [-0.2, -0.15) is 9.78 Å². The first kappa shape index (κ1) is 23.4. The monoisotopic (exact) mass is 493 g/mol. The molecule has 0 radical (unpaired) electrons. The van der Waals surface area contributed by atoms with E-state index in [1.807, 2.05) is 41.3 Å². The van der Waals surface area contributed by atoms with E-state index in [1.165, 1.54) is 22.1 Å². The highest BCUT2D eigenvalue weighted by Crippen LogP contribution is 2.33. The fraction of sp³-hybridized carbons (Fsp3) is 0.346. The summed E-state index contributed by atoms with van der Waals surface area (Å²) >= 11 is 5.93. The van der Waals surface area contributed by atoms with Crippen molar-refractivity contribution in [2.24, 2.45) is 11.8 Å². The lowest BCUT2D eigenvalue weighted by atomic mass is 10.0. The second-order valence-electron chi connectivity index (χ2n) is 9.32. The number of ether oxygens (including phenoxy) is 1. The summed E-state index contributed by atoms with van der Waals surface area (Å²) < 4.78 is 7.21. The number of carbonyl (C=O) groups excluding carboxylic acids is 2. The summed E-state index contributed by atoms with van der Waals surface area (Å²) in [5, 5.41) is 4.86. The van der Waals surface area contributed by atoms with E-state index in [0.717, 1.165) is 44.2 Å². The Balaban J connectivity index is 1.12. The van der Waals surface area contributed by atoms with Gasteiger partial charge in [0.25, 0.3) is 0 Å². The van der Waals surface area contributed by atoms with Crippen molar-refractivity contribution in [3.05, 3.63) is 71.5 Å². The minimum absolute atomic E-state index is 0.100. The maximum absolute atomic E-state index is 12.9. The number of hydrogen-bond donors (Lipinski definition) is 0. The molecule has 0 N–H and O–H groups in total. The van der Waals surface area contributed by atoms with Crippen molar-refractivity contribution in [2.75, 3.05) is 38.1 Å². The molecule has 2 saturated heterocycles. The molecule has 2 aliphatic rings. The number of rotatable bonds is 5. The van der Waals surface area contributed by atoms with Crippen LogP contribution in [0.5, 0.6) is 11.5 Å². The van der Waals surface area contributed by atoms with Gasteiger partial charge in [0.1, 0.15) is 11.5 Å². The zero-order chi connectivity index (χ0) is 24.5. The lowest BCUT2D eigenvalue weighted by Gasteiger charge is -2.21. The van der Waals surface area contributed by atoms with Gasteiger partial charge in [0.2, 0.25) is 5.91 Å². The second kappa shape index (κ2) is 9.71. The zero-order valence-corrected chi connectivity index (χ0v) is 20.6. The van der Waals surface area contributed by atoms with Crippen LogP contribution in [-0.2, 0) is 11.3 Å². The van der Waals surface area contributed by atoms with E-state index in [9.17, 15) is 9.59 Å². The van der Waals surface area contributed by atoms with E-state index in [1.54, 1.807) is 19.4 Å². The van der Waals surface area contributed by atoms with Crippen LogP contribution < -0.4 is 9.64 Å². The van der Waals surface area contributed by atoms with Crippen molar-refractivity contribution >= 4 is 29.2 Å². The molecule has 5 rings (SSSR count). The van der Waals surface area contributed by atoms with Crippen LogP contribution in [0.3, 0.4) is 0 Å². The van der Waals surface area contributed by atoms with Crippen LogP contribution in [0.4, 0.5) is 10.5 Å². The summed E-state index contributed by atoms with van der Waals surface area (Å²) in [6.07, 6.45) is 3.16. The number of halogens is 1. The maximum Gasteiger partial charge on any atom is 0.344 e. The summed E-state index contributed by atoms with van der Waals surface area (Å²) in [6, 6.07) is 15.4. The quantitative estimate of drug-likeness (QED) is 0.528. The van der Waals surface area contributed by atoms with Crippen LogP contribution in [-0.4, -0.2) is 64.7 Å². The molecule has 9 heteroatoms. The number of benzene rings is 2. The van der Waals surface area contributed by atoms with E-state index in [2.05, 4.69) is 22.1 Å². The predicted molar refractivity (Wildman–Crippen MR) is 134 cm³/mol. The minimum atomic E-state index is -0.134. The van der Waals surface area contributed by atoms with Gasteiger partial charge in [-0.05, 0) is 53.8 Å². The van der Waals surface area contributed by atoms with Crippen LogP contribution in [0.25, 0.3) is 0 Å². The largest absolute Gasteiger partial charge is 0.457 e. The summed E-state index contributed by atoms with van der Waals surface area (Å²) in [5.74, 6) is 2.37. The lowest BCUT2D eigenvalue weighted by molar-refractivity contribution is -0.116. The predicted octanol–water partition coefficient (Wildman–Crippen LogP) is 4.34. The maximum atomic E-state index is 12.9. The van der Waals surface area contributed by atoms with Gasteiger partial charge >= 0.3 is 6.03 Å². The molecule has 3 heterocycles. The number of carbonyl (C=O) groups is 2. The van der Waals surface area contributed by atoms with Crippen LogP contribution in [0.15, 0.2) is 60.9 Å². The molecule has 0 saturated carbocycles. The van der Waals surface area contributed by atoms with E-state index in [0.29, 0.717) is 22.5 Å². The highest BCUT2D eigenvalue weighted by Gasteiger charge is 2.42. The van der Waals surface area contributed by atoms with Crippen molar-refractivity contribution < 1.29 is 14.3 Å². The third-order valence-electron chi connectivity index (χ3n) is 6.84. The first-order valence-electron chi connectivity index (χ1n) is 11.7. The lowest BCUT2D eigenvalue weighted by Crippen LogP contribution is -2.36. The van der Waals surface area contributed by atoms with E-state index >= 15 is 0 Å². The molecule has 0 bridgehead atoms. The Bertz CT molecular complexity index is 1200. The molecule has 2 unspecified atom stereocenters. The first-order valence-corrected chi connectivity index (χ1v) is 12.1. The Morgan fingerprint density at radius 2 is 1.60 bits per heavy atom. The molecule has 2 amide bonds. The van der Waals surface area contributed by atoms with Gasteiger partial charge in [0.05, 0.1) is 18.1 Å². The van der Waals surface area contributed by atoms with Crippen molar-refractivity contribution in [1.82, 2.24) is 19.6 Å². The fourth-order valence-electron chi connectivity index (χ4n) is 4.85. The molecule has 2 fully saturated rings. The number of aromatic nitrogens is 2. The SMILES string of the molecule is CC(=O)N(C)c1cnn(C(=O)N2CC3CN(Cc4ccc(Oc5ccc(Cl)cc5)cc4)CC3C2)c1. The number of nitrogens with zero attached hydrogens (tertiary/aromatic N) is 5. The summed E-state index contributed by atoms with van der Waals surface area (Å²) in [7, 11) is 1.67. The zero-order valence-electron chi connectivity index (χ0n) is 19.8. The molecule has 0 spiro atoms. The normalized spacial score (nSPS) is 19.6. The molecule has 182 valence electrons. The van der Waals surface area contributed by atoms with Gasteiger partial charge in [-0.1, -0.05) is 23.7 Å². The summed E-state index contributed by atoms with van der Waals surface area (Å²) in [4.78, 5) is 30.3. The highest BCUT2D eigenvalue weighted by molar-refractivity contribution is 6.30. The average Bonchev–Trinajstić information content (AvgIpc) is 3.56. The number of likely N-dealkylation sites (tertiary alicyclic amines) is 2. The van der Waals surface area contributed by atoms with Gasteiger partial charge in [-0.3, -0.25) is 9.69 Å². The van der Waals surface area contributed by atoms with Crippen LogP contribution in [0.1, 0.15) is 12.5 Å². The van der Waals surface area contributed by atoms with E-state index < -0.39 is 0 Å². The van der Waals surface area contributed by atoms with Crippen LogP contribution >= 0.6 is 11.6 Å². The average molecular weight is 494 g/mol. The summed E-state index contributed by atoms with van der Waals surface area (Å²) in [5.41, 5.74) is 1.85. The van der Waals surface area contributed by atoms with Gasteiger partial charge in [-0.15, -0.1) is 0 Å². The van der Waals surface area contributed by atoms with Gasteiger partial charge < -0.3 is 14.5 Å². The number of hydrogen-bond acceptors (Lipinski definition) is 5. The van der Waals surface area contributed by atoms with Gasteiger partial charge in [-0.25, -0.2) is 4.79 Å². The van der Waals surface area contributed by atoms with Crippen molar-refractivity contribution in [3.8, 4) is 11.5 Å². The molecule has 0 aliphatic carbocycles. The van der Waals surface area contributed by atoms with Crippen molar-refractivity contribution in [2.45, 2.75) is 13.5 Å². The van der Waals surface area contributed by atoms with E-state index in [4.69, 9.17) is 16.3 Å². The topological polar surface area (TPSA) is 70.9 Å². The standard InChI is InChI=1S/C26H28ClN5O3/c1-18(33)29(2)23-11-28-32(17-23)26(34)31-15-20-13-30(14-21(20)16-31)12-19-3-7-24(8-4-19)35-25-9-5-22(27)6-10-25/h3-11,17,20-21H,12-16H2,1-2H3. The Labute approximate surface area is 209 Å². The highest BCUT2D eigenvalue weighted by atomic mass is 35.5. The molecule has 35 heavy (non-hydrogen) atoms. The molecule has 2 atom stereocenters. The molecule has 3 aromatic rings. The Morgan fingerprint density at radius 3 is 2.20 bits per heavy atom. The fourth-order valence-corrected chi connectivity index (χ4v) is 4.98. The molecule has 2 aromatic carbocycles. The van der Waals surface area contributed by atoms with Gasteiger partial charge in [0.15, 0.2) is 0 Å². The second-order valence-corrected chi connectivity index (χ2v) is 9.76. The van der Waals surface area contributed by atoms with Crippen LogP contribution in [0.2, 0.25) is 5.02 Å². The minimum Gasteiger partial charge on any atom is -0.457 e. The van der Waals surface area contributed by atoms with Crippen LogP contribution in [0, 0.1) is 11.8 Å². The van der Waals surface area contributed by atoms with Crippen molar-refractivity contribution in [1.29, 1.82) is 0 Å². The van der Waals surface area contributed by atoms with Gasteiger partial charge in [0, 0.05) is 51.7 Å². The molecular formula is C26H28ClN5O3. The smallest absolute Gasteiger partial charge is 0.344 e. The van der Waals surface area contributed by atoms with E-state index in [-0.39, 0.29) is 11.9 Å². The molecule has 2 aliphatic heterocycles. The molecule has 8 nitrogen and oxygen atoms in total. The first-order chi connectivity index (χ1) is 16.9. The number of fused-ring (bicyclic) bond motifs is 1. The van der Waals surface area contributed by atoms with Crippen molar-refractivity contribution in [3.63, 3.8) is 0 Å². The summed E-state index contributed by atoms with van der Waals surface area (Å²) in [6.45, 7) is 5.75. The molecular weight excluding hydrogens is 466 g/mol. The third kappa shape index (κ3) is 5.18. The number of amides is 2. The Kier molecular flexibility index (Phi) is 6.49. The molecule has 1 aromatic heterocycles. The third-order valence-corrected chi connectivity index (χ3v) is 7.09. The number of anilines is 1. The Hall–Kier alpha value is -3.36. The Morgan fingerprint density at radius 1 is 1.00 bits per heavy atom.